The minimum Gasteiger partial charge on any atom is -0.334 e. The normalized spacial score (nSPS) is 28.2. The summed E-state index contributed by atoms with van der Waals surface area (Å²) < 4.78 is 1.68. The maximum Gasteiger partial charge on any atom is 0.257 e. The quantitative estimate of drug-likeness (QED) is 0.757. The highest BCUT2D eigenvalue weighted by Gasteiger charge is 2.37. The van der Waals surface area contributed by atoms with E-state index in [1.165, 1.54) is 6.42 Å². The second-order valence-electron chi connectivity index (χ2n) is 5.03. The molecule has 1 aromatic heterocycles. The maximum atomic E-state index is 12.4. The number of amides is 1. The molecule has 0 aliphatic carbocycles. The topological polar surface area (TPSA) is 50.2 Å². The van der Waals surface area contributed by atoms with Crippen LogP contribution < -0.4 is 5.32 Å². The van der Waals surface area contributed by atoms with E-state index in [-0.39, 0.29) is 5.91 Å². The summed E-state index contributed by atoms with van der Waals surface area (Å²) in [6, 6.07) is 0.386. The van der Waals surface area contributed by atoms with Crippen molar-refractivity contribution in [3.8, 4) is 0 Å². The second-order valence-corrected chi connectivity index (χ2v) is 5.03. The van der Waals surface area contributed by atoms with Crippen LogP contribution in [0.15, 0.2) is 12.4 Å². The molecule has 5 heteroatoms. The highest BCUT2D eigenvalue weighted by atomic mass is 16.2. The van der Waals surface area contributed by atoms with Gasteiger partial charge < -0.3 is 10.2 Å². The smallest absolute Gasteiger partial charge is 0.257 e. The molecule has 0 spiro atoms. The van der Waals surface area contributed by atoms with Crippen molar-refractivity contribution in [2.24, 2.45) is 13.0 Å². The molecule has 2 aliphatic heterocycles. The van der Waals surface area contributed by atoms with Gasteiger partial charge in [0.05, 0.1) is 11.8 Å². The van der Waals surface area contributed by atoms with Gasteiger partial charge >= 0.3 is 0 Å². The lowest BCUT2D eigenvalue weighted by molar-refractivity contribution is 0.0574. The molecule has 2 saturated heterocycles. The van der Waals surface area contributed by atoms with Crippen LogP contribution in [-0.2, 0) is 7.05 Å². The molecule has 2 unspecified atom stereocenters. The Morgan fingerprint density at radius 1 is 1.53 bits per heavy atom. The van der Waals surface area contributed by atoms with Crippen LogP contribution in [0, 0.1) is 5.92 Å². The lowest BCUT2D eigenvalue weighted by Gasteiger charge is -2.36. The van der Waals surface area contributed by atoms with Crippen LogP contribution in [0.3, 0.4) is 0 Å². The molecule has 2 aliphatic rings. The standard InChI is InChI=1S/C12H18N4O/c1-15-8-10(6-14-15)12(17)16-4-2-3-9-5-13-7-11(9)16/h6,8-9,11,13H,2-5,7H2,1H3. The van der Waals surface area contributed by atoms with Crippen LogP contribution in [0.25, 0.3) is 0 Å². The number of hydrogen-bond donors (Lipinski definition) is 1. The first-order chi connectivity index (χ1) is 8.25. The van der Waals surface area contributed by atoms with E-state index in [1.807, 2.05) is 11.9 Å². The fourth-order valence-corrected chi connectivity index (χ4v) is 3.02. The first kappa shape index (κ1) is 10.8. The van der Waals surface area contributed by atoms with Crippen molar-refractivity contribution in [3.05, 3.63) is 18.0 Å². The van der Waals surface area contributed by atoms with Gasteiger partial charge in [-0.3, -0.25) is 9.48 Å². The number of aromatic nitrogens is 2. The van der Waals surface area contributed by atoms with Crippen molar-refractivity contribution in [1.82, 2.24) is 20.0 Å². The first-order valence-corrected chi connectivity index (χ1v) is 6.26. The number of fused-ring (bicyclic) bond motifs is 1. The van der Waals surface area contributed by atoms with Gasteiger partial charge in [-0.2, -0.15) is 5.10 Å². The van der Waals surface area contributed by atoms with Gasteiger partial charge in [-0.1, -0.05) is 0 Å². The number of hydrogen-bond acceptors (Lipinski definition) is 3. The Morgan fingerprint density at radius 3 is 3.18 bits per heavy atom. The molecule has 1 amide bonds. The molecule has 0 aromatic carbocycles. The molecule has 0 saturated carbocycles. The van der Waals surface area contributed by atoms with Gasteiger partial charge in [0, 0.05) is 38.9 Å². The number of piperidine rings is 1. The van der Waals surface area contributed by atoms with E-state index in [0.717, 1.165) is 26.1 Å². The van der Waals surface area contributed by atoms with E-state index >= 15 is 0 Å². The van der Waals surface area contributed by atoms with E-state index in [9.17, 15) is 4.79 Å². The molecule has 17 heavy (non-hydrogen) atoms. The van der Waals surface area contributed by atoms with Gasteiger partial charge in [0.2, 0.25) is 0 Å². The molecule has 2 fully saturated rings. The van der Waals surface area contributed by atoms with Crippen molar-refractivity contribution in [2.75, 3.05) is 19.6 Å². The molecule has 2 atom stereocenters. The Hall–Kier alpha value is -1.36. The van der Waals surface area contributed by atoms with Gasteiger partial charge in [-0.25, -0.2) is 0 Å². The lowest BCUT2D eigenvalue weighted by atomic mass is 9.91. The number of carbonyl (C=O) groups is 1. The molecule has 0 bridgehead atoms. The van der Waals surface area contributed by atoms with E-state index < -0.39 is 0 Å². The van der Waals surface area contributed by atoms with Crippen LogP contribution in [0.5, 0.6) is 0 Å². The SMILES string of the molecule is Cn1cc(C(=O)N2CCCC3CNCC32)cn1. The van der Waals surface area contributed by atoms with Gasteiger partial charge in [0.1, 0.15) is 0 Å². The van der Waals surface area contributed by atoms with Crippen molar-refractivity contribution >= 4 is 5.91 Å². The fourth-order valence-electron chi connectivity index (χ4n) is 3.02. The van der Waals surface area contributed by atoms with Crippen LogP contribution in [0.1, 0.15) is 23.2 Å². The number of nitrogens with one attached hydrogen (secondary N) is 1. The van der Waals surface area contributed by atoms with E-state index in [4.69, 9.17) is 0 Å². The molecule has 92 valence electrons. The summed E-state index contributed by atoms with van der Waals surface area (Å²) >= 11 is 0. The Balaban J connectivity index is 1.81. The molecule has 3 heterocycles. The maximum absolute atomic E-state index is 12.4. The third-order valence-electron chi connectivity index (χ3n) is 3.89. The molecule has 0 radical (unpaired) electrons. The van der Waals surface area contributed by atoms with E-state index in [0.29, 0.717) is 17.5 Å². The summed E-state index contributed by atoms with van der Waals surface area (Å²) in [5, 5.41) is 7.46. The average molecular weight is 234 g/mol. The van der Waals surface area contributed by atoms with Gasteiger partial charge in [0.15, 0.2) is 0 Å². The predicted molar refractivity (Wildman–Crippen MR) is 63.6 cm³/mol. The second kappa shape index (κ2) is 4.14. The van der Waals surface area contributed by atoms with Crippen LogP contribution in [0.4, 0.5) is 0 Å². The fraction of sp³-hybridized carbons (Fsp3) is 0.667. The zero-order valence-electron chi connectivity index (χ0n) is 10.1. The Morgan fingerprint density at radius 2 is 2.41 bits per heavy atom. The van der Waals surface area contributed by atoms with Crippen LogP contribution in [-0.4, -0.2) is 46.3 Å². The summed E-state index contributed by atoms with van der Waals surface area (Å²) in [4.78, 5) is 14.4. The number of likely N-dealkylation sites (tertiary alicyclic amines) is 1. The van der Waals surface area contributed by atoms with E-state index in [2.05, 4.69) is 10.4 Å². The number of carbonyl (C=O) groups excluding carboxylic acids is 1. The summed E-state index contributed by atoms with van der Waals surface area (Å²) in [7, 11) is 1.84. The molecular formula is C12H18N4O. The van der Waals surface area contributed by atoms with Crippen LogP contribution >= 0.6 is 0 Å². The summed E-state index contributed by atoms with van der Waals surface area (Å²) in [6.07, 6.45) is 5.83. The zero-order valence-corrected chi connectivity index (χ0v) is 10.1. The van der Waals surface area contributed by atoms with Crippen LogP contribution in [0.2, 0.25) is 0 Å². The molecule has 5 nitrogen and oxygen atoms in total. The molecule has 1 aromatic rings. The summed E-state index contributed by atoms with van der Waals surface area (Å²) in [5.41, 5.74) is 0.708. The molecule has 3 rings (SSSR count). The largest absolute Gasteiger partial charge is 0.334 e. The predicted octanol–water partition coefficient (Wildman–Crippen LogP) is 0.244. The Bertz CT molecular complexity index is 428. The van der Waals surface area contributed by atoms with Crippen molar-refractivity contribution < 1.29 is 4.79 Å². The molecular weight excluding hydrogens is 216 g/mol. The van der Waals surface area contributed by atoms with Crippen molar-refractivity contribution in [1.29, 1.82) is 0 Å². The third-order valence-corrected chi connectivity index (χ3v) is 3.89. The minimum atomic E-state index is 0.136. The van der Waals surface area contributed by atoms with Gasteiger partial charge in [-0.05, 0) is 18.8 Å². The third kappa shape index (κ3) is 1.84. The van der Waals surface area contributed by atoms with Crippen molar-refractivity contribution in [3.63, 3.8) is 0 Å². The molecule has 1 N–H and O–H groups in total. The highest BCUT2D eigenvalue weighted by molar-refractivity contribution is 5.94. The van der Waals surface area contributed by atoms with Gasteiger partial charge in [-0.15, -0.1) is 0 Å². The van der Waals surface area contributed by atoms with E-state index in [1.54, 1.807) is 17.1 Å². The Kier molecular flexibility index (Phi) is 2.63. The minimum absolute atomic E-state index is 0.136. The number of nitrogens with zero attached hydrogens (tertiary/aromatic N) is 3. The van der Waals surface area contributed by atoms with Gasteiger partial charge in [0.25, 0.3) is 5.91 Å². The first-order valence-electron chi connectivity index (χ1n) is 6.26. The number of aryl methyl sites for hydroxylation is 1. The zero-order chi connectivity index (χ0) is 11.8. The summed E-state index contributed by atoms with van der Waals surface area (Å²) in [5.74, 6) is 0.779. The Labute approximate surface area is 101 Å². The number of rotatable bonds is 1. The van der Waals surface area contributed by atoms with Crippen molar-refractivity contribution in [2.45, 2.75) is 18.9 Å². The lowest BCUT2D eigenvalue weighted by Crippen LogP contribution is -2.48. The highest BCUT2D eigenvalue weighted by Crippen LogP contribution is 2.27. The average Bonchev–Trinajstić information content (AvgIpc) is 2.95. The monoisotopic (exact) mass is 234 g/mol. The summed E-state index contributed by atoms with van der Waals surface area (Å²) in [6.45, 7) is 2.88.